The van der Waals surface area contributed by atoms with Gasteiger partial charge < -0.3 is 19.5 Å². The number of alkyl halides is 4. The van der Waals surface area contributed by atoms with Gasteiger partial charge in [-0.25, -0.2) is 9.80 Å². The predicted molar refractivity (Wildman–Crippen MR) is 125 cm³/mol. The average molecular weight is 513 g/mol. The van der Waals surface area contributed by atoms with Crippen molar-refractivity contribution in [3.8, 4) is 17.2 Å². The number of hydrogen-bond donors (Lipinski definition) is 2. The SMILES string of the molecule is O=C(Nc1ccc2c(c1)C(F)(F)C(F)(F)O2)N1CC(c2ccccc2)=C(c2ccc3c(c2)OCCO3)N1. The van der Waals surface area contributed by atoms with Gasteiger partial charge in [-0.3, -0.25) is 5.43 Å². The van der Waals surface area contributed by atoms with Gasteiger partial charge >= 0.3 is 18.1 Å². The zero-order chi connectivity index (χ0) is 25.8. The lowest BCUT2D eigenvalue weighted by atomic mass is 10.0. The number of hydrogen-bond acceptors (Lipinski definition) is 5. The molecule has 2 N–H and O–H groups in total. The zero-order valence-corrected chi connectivity index (χ0v) is 19.1. The minimum atomic E-state index is -4.67. The van der Waals surface area contributed by atoms with E-state index in [1.807, 2.05) is 42.5 Å². The Balaban J connectivity index is 1.27. The van der Waals surface area contributed by atoms with Gasteiger partial charge in [-0.1, -0.05) is 30.3 Å². The van der Waals surface area contributed by atoms with Crippen molar-refractivity contribution in [2.75, 3.05) is 25.1 Å². The van der Waals surface area contributed by atoms with Crippen LogP contribution in [0.3, 0.4) is 0 Å². The normalized spacial score (nSPS) is 18.6. The molecule has 190 valence electrons. The molecule has 3 aliphatic rings. The summed E-state index contributed by atoms with van der Waals surface area (Å²) in [6.07, 6.45) is -4.67. The van der Waals surface area contributed by atoms with Crippen LogP contribution in [-0.2, 0) is 5.92 Å². The molecule has 6 rings (SSSR count). The molecule has 0 atom stereocenters. The number of halogens is 4. The Bertz CT molecular complexity index is 1430. The summed E-state index contributed by atoms with van der Waals surface area (Å²) < 4.78 is 70.7. The van der Waals surface area contributed by atoms with Crippen LogP contribution in [0, 0.1) is 0 Å². The van der Waals surface area contributed by atoms with Gasteiger partial charge in [0, 0.05) is 16.8 Å². The number of nitrogens with zero attached hydrogens (tertiary/aromatic N) is 1. The Morgan fingerprint density at radius 1 is 0.865 bits per heavy atom. The molecule has 0 radical (unpaired) electrons. The maximum absolute atomic E-state index is 14.1. The number of nitrogens with one attached hydrogen (secondary N) is 2. The second kappa shape index (κ2) is 8.32. The highest BCUT2D eigenvalue weighted by Gasteiger charge is 2.66. The first kappa shape index (κ1) is 23.0. The van der Waals surface area contributed by atoms with E-state index in [2.05, 4.69) is 15.5 Å². The van der Waals surface area contributed by atoms with Crippen molar-refractivity contribution in [1.29, 1.82) is 0 Å². The summed E-state index contributed by atoms with van der Waals surface area (Å²) in [5.74, 6) is -3.97. The molecule has 0 fully saturated rings. The number of fused-ring (bicyclic) bond motifs is 2. The number of rotatable bonds is 3. The van der Waals surface area contributed by atoms with E-state index in [9.17, 15) is 22.4 Å². The number of amides is 2. The number of carbonyl (C=O) groups is 1. The van der Waals surface area contributed by atoms with Crippen LogP contribution in [0.2, 0.25) is 0 Å². The number of urea groups is 1. The van der Waals surface area contributed by atoms with Crippen LogP contribution in [0.5, 0.6) is 17.2 Å². The maximum atomic E-state index is 14.1. The van der Waals surface area contributed by atoms with Crippen LogP contribution in [-0.4, -0.2) is 36.9 Å². The quantitative estimate of drug-likeness (QED) is 0.456. The van der Waals surface area contributed by atoms with Crippen LogP contribution in [0.15, 0.2) is 66.7 Å². The fourth-order valence-electron chi connectivity index (χ4n) is 4.41. The molecule has 0 saturated heterocycles. The van der Waals surface area contributed by atoms with Gasteiger partial charge in [-0.2, -0.15) is 17.6 Å². The lowest BCUT2D eigenvalue weighted by Crippen LogP contribution is -2.40. The predicted octanol–water partition coefficient (Wildman–Crippen LogP) is 5.46. The van der Waals surface area contributed by atoms with Gasteiger partial charge in [0.25, 0.3) is 0 Å². The number of carbonyl (C=O) groups excluding carboxylic acids is 1. The monoisotopic (exact) mass is 513 g/mol. The molecule has 0 bridgehead atoms. The average Bonchev–Trinajstić information content (AvgIpc) is 3.42. The second-order valence-corrected chi connectivity index (χ2v) is 8.61. The van der Waals surface area contributed by atoms with E-state index < -0.39 is 29.4 Å². The van der Waals surface area contributed by atoms with E-state index >= 15 is 0 Å². The van der Waals surface area contributed by atoms with Crippen molar-refractivity contribution < 1.29 is 36.6 Å². The highest BCUT2D eigenvalue weighted by molar-refractivity contribution is 5.98. The van der Waals surface area contributed by atoms with Crippen molar-refractivity contribution >= 4 is 23.0 Å². The van der Waals surface area contributed by atoms with E-state index in [1.165, 1.54) is 11.1 Å². The third kappa shape index (κ3) is 3.87. The van der Waals surface area contributed by atoms with Crippen molar-refractivity contribution in [1.82, 2.24) is 10.4 Å². The summed E-state index contributed by atoms with van der Waals surface area (Å²) in [7, 11) is 0. The smallest absolute Gasteiger partial charge is 0.469 e. The number of hydrazine groups is 1. The van der Waals surface area contributed by atoms with E-state index in [-0.39, 0.29) is 12.2 Å². The Labute approximate surface area is 208 Å². The standard InChI is InChI=1S/C26H19F4N3O4/c27-25(28)19-13-17(7-9-20(19)37-26(25,29)30)31-24(34)33-14-18(15-4-2-1-3-5-15)23(32-33)16-6-8-21-22(12-16)36-11-10-35-21/h1-9,12-13,32H,10-11,14H2,(H,31,34). The Morgan fingerprint density at radius 3 is 2.38 bits per heavy atom. The summed E-state index contributed by atoms with van der Waals surface area (Å²) in [5.41, 5.74) is 5.06. The topological polar surface area (TPSA) is 72.1 Å². The first-order chi connectivity index (χ1) is 17.7. The summed E-state index contributed by atoms with van der Waals surface area (Å²) >= 11 is 0. The first-order valence-corrected chi connectivity index (χ1v) is 11.4. The minimum absolute atomic E-state index is 0.0828. The Morgan fingerprint density at radius 2 is 1.59 bits per heavy atom. The Kier molecular flexibility index (Phi) is 5.18. The maximum Gasteiger partial charge on any atom is 0.469 e. The molecule has 0 spiro atoms. The molecule has 7 nitrogen and oxygen atoms in total. The van der Waals surface area contributed by atoms with Crippen LogP contribution < -0.4 is 25.0 Å². The number of anilines is 1. The summed E-state index contributed by atoms with van der Waals surface area (Å²) in [4.78, 5) is 13.1. The van der Waals surface area contributed by atoms with Gasteiger partial charge in [-0.15, -0.1) is 0 Å². The Hall–Kier alpha value is -4.41. The van der Waals surface area contributed by atoms with Crippen LogP contribution in [0.25, 0.3) is 11.3 Å². The number of ether oxygens (including phenoxy) is 3. The van der Waals surface area contributed by atoms with Crippen molar-refractivity contribution in [3.05, 3.63) is 83.4 Å². The van der Waals surface area contributed by atoms with Crippen molar-refractivity contribution in [2.45, 2.75) is 12.0 Å². The lowest BCUT2D eigenvalue weighted by Gasteiger charge is -2.21. The molecule has 3 aromatic carbocycles. The molecule has 2 amide bonds. The third-order valence-electron chi connectivity index (χ3n) is 6.24. The van der Waals surface area contributed by atoms with Crippen LogP contribution in [0.4, 0.5) is 28.0 Å². The van der Waals surface area contributed by atoms with Gasteiger partial charge in [0.15, 0.2) is 11.5 Å². The number of benzene rings is 3. The molecule has 37 heavy (non-hydrogen) atoms. The van der Waals surface area contributed by atoms with E-state index in [0.29, 0.717) is 30.4 Å². The van der Waals surface area contributed by atoms with Gasteiger partial charge in [0.1, 0.15) is 19.0 Å². The van der Waals surface area contributed by atoms with Gasteiger partial charge in [0.2, 0.25) is 0 Å². The molecule has 0 aromatic heterocycles. The molecule has 3 aromatic rings. The highest BCUT2D eigenvalue weighted by atomic mass is 19.3. The third-order valence-corrected chi connectivity index (χ3v) is 6.24. The fourth-order valence-corrected chi connectivity index (χ4v) is 4.41. The molecule has 3 heterocycles. The van der Waals surface area contributed by atoms with Crippen LogP contribution in [0.1, 0.15) is 16.7 Å². The first-order valence-electron chi connectivity index (χ1n) is 11.4. The van der Waals surface area contributed by atoms with Gasteiger partial charge in [-0.05, 0) is 42.0 Å². The molecular weight excluding hydrogens is 494 g/mol. The van der Waals surface area contributed by atoms with Crippen molar-refractivity contribution in [3.63, 3.8) is 0 Å². The second-order valence-electron chi connectivity index (χ2n) is 8.61. The fraction of sp³-hybridized carbons (Fsp3) is 0.192. The van der Waals surface area contributed by atoms with E-state index in [0.717, 1.165) is 28.8 Å². The van der Waals surface area contributed by atoms with Gasteiger partial charge in [0.05, 0.1) is 17.8 Å². The molecule has 0 unspecified atom stereocenters. The largest absolute Gasteiger partial charge is 0.486 e. The van der Waals surface area contributed by atoms with E-state index in [1.54, 1.807) is 6.07 Å². The lowest BCUT2D eigenvalue weighted by molar-refractivity contribution is -0.296. The highest BCUT2D eigenvalue weighted by Crippen LogP contribution is 2.53. The minimum Gasteiger partial charge on any atom is -0.486 e. The molecule has 3 aliphatic heterocycles. The summed E-state index contributed by atoms with van der Waals surface area (Å²) in [6.45, 7) is 1.01. The molecule has 0 saturated carbocycles. The summed E-state index contributed by atoms with van der Waals surface area (Å²) in [6, 6.07) is 17.2. The van der Waals surface area contributed by atoms with E-state index in [4.69, 9.17) is 9.47 Å². The van der Waals surface area contributed by atoms with Crippen molar-refractivity contribution in [2.24, 2.45) is 0 Å². The van der Waals surface area contributed by atoms with Crippen LogP contribution >= 0.6 is 0 Å². The molecule has 0 aliphatic carbocycles. The zero-order valence-electron chi connectivity index (χ0n) is 19.1. The molecule has 11 heteroatoms. The summed E-state index contributed by atoms with van der Waals surface area (Å²) in [5, 5.41) is 3.76. The molecular formula is C26H19F4N3O4.